The van der Waals surface area contributed by atoms with E-state index in [1.165, 1.54) is 10.8 Å². The van der Waals surface area contributed by atoms with Crippen molar-refractivity contribution in [2.75, 3.05) is 19.6 Å². The van der Waals surface area contributed by atoms with Gasteiger partial charge in [-0.05, 0) is 36.2 Å². The first-order valence-corrected chi connectivity index (χ1v) is 7.69. The van der Waals surface area contributed by atoms with Crippen LogP contribution in [0.3, 0.4) is 0 Å². The first kappa shape index (κ1) is 18.5. The van der Waals surface area contributed by atoms with E-state index in [9.17, 15) is 4.79 Å². The Morgan fingerprint density at radius 3 is 2.50 bits per heavy atom. The first-order valence-electron chi connectivity index (χ1n) is 7.69. The van der Waals surface area contributed by atoms with Gasteiger partial charge in [-0.2, -0.15) is 0 Å². The van der Waals surface area contributed by atoms with Gasteiger partial charge in [0.05, 0.1) is 5.92 Å². The summed E-state index contributed by atoms with van der Waals surface area (Å²) in [4.78, 5) is 12.2. The standard InChI is InChI=1S/C18H24N2O.ClH/c1-3-10-19-11-12-20-18(21)14(2)16-9-8-15-6-4-5-7-17(15)13-16;/h4-9,13-14,19H,3,10-12H2,1-2H3,(H,20,21);1H. The lowest BCUT2D eigenvalue weighted by atomic mass is 9.97. The minimum absolute atomic E-state index is 0. The largest absolute Gasteiger partial charge is 0.354 e. The molecule has 2 N–H and O–H groups in total. The van der Waals surface area contributed by atoms with Gasteiger partial charge in [0.2, 0.25) is 5.91 Å². The van der Waals surface area contributed by atoms with E-state index < -0.39 is 0 Å². The first-order chi connectivity index (χ1) is 10.2. The molecule has 1 unspecified atom stereocenters. The molecule has 0 bridgehead atoms. The van der Waals surface area contributed by atoms with E-state index >= 15 is 0 Å². The molecule has 0 spiro atoms. The summed E-state index contributed by atoms with van der Waals surface area (Å²) in [5, 5.41) is 8.65. The number of halogens is 1. The monoisotopic (exact) mass is 320 g/mol. The third-order valence-electron chi connectivity index (χ3n) is 3.69. The van der Waals surface area contributed by atoms with Crippen LogP contribution in [0, 0.1) is 0 Å². The summed E-state index contributed by atoms with van der Waals surface area (Å²) in [5.41, 5.74) is 1.06. The molecule has 2 aromatic rings. The molecule has 0 aliphatic carbocycles. The number of nitrogens with one attached hydrogen (secondary N) is 2. The Morgan fingerprint density at radius 1 is 1.05 bits per heavy atom. The van der Waals surface area contributed by atoms with Crippen LogP contribution in [0.25, 0.3) is 10.8 Å². The van der Waals surface area contributed by atoms with E-state index in [4.69, 9.17) is 0 Å². The fourth-order valence-electron chi connectivity index (χ4n) is 2.36. The van der Waals surface area contributed by atoms with Crippen LogP contribution in [0.2, 0.25) is 0 Å². The molecule has 0 radical (unpaired) electrons. The zero-order chi connectivity index (χ0) is 15.1. The van der Waals surface area contributed by atoms with Crippen molar-refractivity contribution >= 4 is 29.1 Å². The lowest BCUT2D eigenvalue weighted by Gasteiger charge is -2.13. The van der Waals surface area contributed by atoms with Crippen molar-refractivity contribution in [3.05, 3.63) is 48.0 Å². The molecule has 2 rings (SSSR count). The molecule has 0 aliphatic heterocycles. The average Bonchev–Trinajstić information content (AvgIpc) is 2.53. The van der Waals surface area contributed by atoms with E-state index in [1.54, 1.807) is 0 Å². The van der Waals surface area contributed by atoms with Crippen molar-refractivity contribution in [1.29, 1.82) is 0 Å². The topological polar surface area (TPSA) is 41.1 Å². The number of carbonyl (C=O) groups excluding carboxylic acids is 1. The second kappa shape index (κ2) is 9.44. The molecular formula is C18H25ClN2O. The summed E-state index contributed by atoms with van der Waals surface area (Å²) in [7, 11) is 0. The number of hydrogen-bond donors (Lipinski definition) is 2. The molecule has 0 saturated heterocycles. The fraction of sp³-hybridized carbons (Fsp3) is 0.389. The minimum Gasteiger partial charge on any atom is -0.354 e. The van der Waals surface area contributed by atoms with Gasteiger partial charge in [-0.3, -0.25) is 4.79 Å². The number of fused-ring (bicyclic) bond motifs is 1. The molecule has 22 heavy (non-hydrogen) atoms. The molecule has 0 heterocycles. The maximum absolute atomic E-state index is 12.2. The average molecular weight is 321 g/mol. The molecule has 0 aliphatic rings. The van der Waals surface area contributed by atoms with E-state index in [0.717, 1.165) is 25.1 Å². The minimum atomic E-state index is -0.124. The molecular weight excluding hydrogens is 296 g/mol. The van der Waals surface area contributed by atoms with Crippen LogP contribution in [-0.4, -0.2) is 25.5 Å². The highest BCUT2D eigenvalue weighted by Crippen LogP contribution is 2.21. The molecule has 0 aromatic heterocycles. The van der Waals surface area contributed by atoms with Crippen LogP contribution in [0.4, 0.5) is 0 Å². The van der Waals surface area contributed by atoms with E-state index in [2.05, 4.69) is 41.8 Å². The summed E-state index contributed by atoms with van der Waals surface area (Å²) in [6.07, 6.45) is 1.11. The van der Waals surface area contributed by atoms with Crippen LogP contribution in [0.1, 0.15) is 31.7 Å². The summed E-state index contributed by atoms with van der Waals surface area (Å²) in [5.74, 6) is -0.0376. The Labute approximate surface area is 138 Å². The van der Waals surface area contributed by atoms with Crippen molar-refractivity contribution in [3.8, 4) is 0 Å². The fourth-order valence-corrected chi connectivity index (χ4v) is 2.36. The smallest absolute Gasteiger partial charge is 0.227 e. The SMILES string of the molecule is CCCNCCNC(=O)C(C)c1ccc2ccccc2c1.Cl. The van der Waals surface area contributed by atoms with Gasteiger partial charge in [0.1, 0.15) is 0 Å². The molecule has 1 amide bonds. The Bertz CT molecular complexity index is 600. The highest BCUT2D eigenvalue weighted by Gasteiger charge is 2.14. The second-order valence-corrected chi connectivity index (χ2v) is 5.37. The lowest BCUT2D eigenvalue weighted by molar-refractivity contribution is -0.122. The normalized spacial score (nSPS) is 11.7. The van der Waals surface area contributed by atoms with Gasteiger partial charge < -0.3 is 10.6 Å². The van der Waals surface area contributed by atoms with E-state index in [0.29, 0.717) is 6.54 Å². The Morgan fingerprint density at radius 2 is 1.77 bits per heavy atom. The number of amides is 1. The third kappa shape index (κ3) is 5.00. The molecule has 120 valence electrons. The van der Waals surface area contributed by atoms with Gasteiger partial charge in [-0.15, -0.1) is 12.4 Å². The molecule has 2 aromatic carbocycles. The number of hydrogen-bond acceptors (Lipinski definition) is 2. The summed E-state index contributed by atoms with van der Waals surface area (Å²) in [6.45, 7) is 6.59. The number of rotatable bonds is 7. The summed E-state index contributed by atoms with van der Waals surface area (Å²) in [6, 6.07) is 14.5. The van der Waals surface area contributed by atoms with E-state index in [-0.39, 0.29) is 24.2 Å². The number of benzene rings is 2. The van der Waals surface area contributed by atoms with Gasteiger partial charge in [-0.25, -0.2) is 0 Å². The highest BCUT2D eigenvalue weighted by atomic mass is 35.5. The van der Waals surface area contributed by atoms with Crippen LogP contribution < -0.4 is 10.6 Å². The van der Waals surface area contributed by atoms with Crippen molar-refractivity contribution < 1.29 is 4.79 Å². The second-order valence-electron chi connectivity index (χ2n) is 5.37. The van der Waals surface area contributed by atoms with Gasteiger partial charge in [0.15, 0.2) is 0 Å². The molecule has 0 fully saturated rings. The van der Waals surface area contributed by atoms with Crippen molar-refractivity contribution in [3.63, 3.8) is 0 Å². The van der Waals surface area contributed by atoms with Crippen LogP contribution in [0.5, 0.6) is 0 Å². The Hall–Kier alpha value is -1.58. The Balaban J connectivity index is 0.00000242. The van der Waals surface area contributed by atoms with E-state index in [1.807, 2.05) is 25.1 Å². The third-order valence-corrected chi connectivity index (χ3v) is 3.69. The molecule has 4 heteroatoms. The van der Waals surface area contributed by atoms with Crippen LogP contribution in [0.15, 0.2) is 42.5 Å². The molecule has 3 nitrogen and oxygen atoms in total. The van der Waals surface area contributed by atoms with Crippen LogP contribution >= 0.6 is 12.4 Å². The zero-order valence-corrected chi connectivity index (χ0v) is 14.1. The predicted molar refractivity (Wildman–Crippen MR) is 95.8 cm³/mol. The number of carbonyl (C=O) groups is 1. The predicted octanol–water partition coefficient (Wildman–Crippen LogP) is 3.48. The maximum atomic E-state index is 12.2. The molecule has 1 atom stereocenters. The van der Waals surface area contributed by atoms with Gasteiger partial charge in [-0.1, -0.05) is 49.4 Å². The van der Waals surface area contributed by atoms with Gasteiger partial charge >= 0.3 is 0 Å². The summed E-state index contributed by atoms with van der Waals surface area (Å²) < 4.78 is 0. The highest BCUT2D eigenvalue weighted by molar-refractivity contribution is 5.87. The van der Waals surface area contributed by atoms with Crippen molar-refractivity contribution in [2.45, 2.75) is 26.2 Å². The van der Waals surface area contributed by atoms with Crippen molar-refractivity contribution in [2.24, 2.45) is 0 Å². The van der Waals surface area contributed by atoms with Crippen LogP contribution in [-0.2, 0) is 4.79 Å². The van der Waals surface area contributed by atoms with Gasteiger partial charge in [0, 0.05) is 13.1 Å². The molecule has 0 saturated carbocycles. The Kier molecular flexibility index (Phi) is 7.92. The quantitative estimate of drug-likeness (QED) is 0.767. The van der Waals surface area contributed by atoms with Gasteiger partial charge in [0.25, 0.3) is 0 Å². The maximum Gasteiger partial charge on any atom is 0.227 e. The van der Waals surface area contributed by atoms with Crippen molar-refractivity contribution in [1.82, 2.24) is 10.6 Å². The zero-order valence-electron chi connectivity index (χ0n) is 13.3. The lowest BCUT2D eigenvalue weighted by Crippen LogP contribution is -2.34. The summed E-state index contributed by atoms with van der Waals surface area (Å²) >= 11 is 0.